The van der Waals surface area contributed by atoms with E-state index in [1.54, 1.807) is 12.3 Å². The third kappa shape index (κ3) is 2.88. The average Bonchev–Trinajstić information content (AvgIpc) is 3.27. The fourth-order valence-electron chi connectivity index (χ4n) is 3.41. The number of H-pyrrole nitrogens is 1. The number of pyridine rings is 1. The number of rotatable bonds is 2. The molecule has 1 aromatic carbocycles. The van der Waals surface area contributed by atoms with Gasteiger partial charge in [-0.15, -0.1) is 0 Å². The number of aromatic nitrogens is 4. The van der Waals surface area contributed by atoms with Crippen molar-refractivity contribution in [3.63, 3.8) is 0 Å². The highest BCUT2D eigenvalue weighted by Gasteiger charge is 2.23. The SMILES string of the molecule is O=C(c1ccc2cn[nH]c2n1)N1CCCN(c2nc3ccccc3o2)CC1. The molecule has 1 amide bonds. The molecule has 1 saturated heterocycles. The molecule has 1 N–H and O–H groups in total. The van der Waals surface area contributed by atoms with E-state index in [0.717, 1.165) is 29.5 Å². The Kier molecular flexibility index (Phi) is 3.74. The highest BCUT2D eigenvalue weighted by molar-refractivity contribution is 5.94. The molecule has 0 saturated carbocycles. The summed E-state index contributed by atoms with van der Waals surface area (Å²) in [6, 6.07) is 12.0. The zero-order valence-corrected chi connectivity index (χ0v) is 14.6. The van der Waals surface area contributed by atoms with E-state index >= 15 is 0 Å². The van der Waals surface area contributed by atoms with Crippen LogP contribution in [0, 0.1) is 0 Å². The van der Waals surface area contributed by atoms with Crippen LogP contribution in [0.3, 0.4) is 0 Å². The second-order valence-corrected chi connectivity index (χ2v) is 6.60. The number of aromatic amines is 1. The first-order valence-electron chi connectivity index (χ1n) is 8.98. The molecule has 0 aliphatic carbocycles. The van der Waals surface area contributed by atoms with E-state index < -0.39 is 0 Å². The van der Waals surface area contributed by atoms with Crippen LogP contribution >= 0.6 is 0 Å². The second-order valence-electron chi connectivity index (χ2n) is 6.60. The molecule has 8 heteroatoms. The van der Waals surface area contributed by atoms with Crippen LogP contribution in [0.25, 0.3) is 22.1 Å². The molecule has 0 unspecified atom stereocenters. The number of fused-ring (bicyclic) bond motifs is 2. The number of benzene rings is 1. The lowest BCUT2D eigenvalue weighted by Gasteiger charge is -2.20. The molecule has 136 valence electrons. The number of carbonyl (C=O) groups is 1. The van der Waals surface area contributed by atoms with Crippen molar-refractivity contribution in [3.05, 3.63) is 48.3 Å². The predicted molar refractivity (Wildman–Crippen MR) is 101 cm³/mol. The van der Waals surface area contributed by atoms with Crippen LogP contribution in [0.1, 0.15) is 16.9 Å². The molecule has 5 rings (SSSR count). The molecule has 4 aromatic rings. The molecule has 0 radical (unpaired) electrons. The van der Waals surface area contributed by atoms with Gasteiger partial charge in [0, 0.05) is 31.6 Å². The lowest BCUT2D eigenvalue weighted by Crippen LogP contribution is -2.35. The third-order valence-electron chi connectivity index (χ3n) is 4.86. The van der Waals surface area contributed by atoms with Crippen LogP contribution in [-0.4, -0.2) is 57.2 Å². The summed E-state index contributed by atoms with van der Waals surface area (Å²) in [4.78, 5) is 25.8. The van der Waals surface area contributed by atoms with Gasteiger partial charge in [-0.05, 0) is 30.7 Å². The highest BCUT2D eigenvalue weighted by atomic mass is 16.4. The summed E-state index contributed by atoms with van der Waals surface area (Å²) in [5.41, 5.74) is 2.69. The molecule has 1 fully saturated rings. The topological polar surface area (TPSA) is 91.2 Å². The van der Waals surface area contributed by atoms with Gasteiger partial charge in [-0.3, -0.25) is 9.89 Å². The Morgan fingerprint density at radius 3 is 2.89 bits per heavy atom. The van der Waals surface area contributed by atoms with Crippen molar-refractivity contribution in [2.45, 2.75) is 6.42 Å². The Balaban J connectivity index is 1.33. The van der Waals surface area contributed by atoms with Crippen molar-refractivity contribution in [1.82, 2.24) is 25.1 Å². The van der Waals surface area contributed by atoms with E-state index in [0.29, 0.717) is 37.0 Å². The minimum absolute atomic E-state index is 0.0640. The van der Waals surface area contributed by atoms with E-state index in [4.69, 9.17) is 4.42 Å². The van der Waals surface area contributed by atoms with Crippen molar-refractivity contribution in [2.24, 2.45) is 0 Å². The van der Waals surface area contributed by atoms with Crippen LogP contribution < -0.4 is 4.90 Å². The standard InChI is InChI=1S/C19H18N6O2/c26-18(15-7-6-13-12-20-23-17(13)21-15)24-8-3-9-25(11-10-24)19-22-14-4-1-2-5-16(14)27-19/h1-2,4-7,12H,3,8-11H2,(H,20,21,23). The zero-order chi connectivity index (χ0) is 18.2. The van der Waals surface area contributed by atoms with Gasteiger partial charge in [0.15, 0.2) is 11.2 Å². The normalized spacial score (nSPS) is 15.4. The molecule has 0 atom stereocenters. The molecule has 0 spiro atoms. The first-order chi connectivity index (χ1) is 13.3. The Morgan fingerprint density at radius 2 is 1.96 bits per heavy atom. The minimum atomic E-state index is -0.0640. The number of hydrogen-bond donors (Lipinski definition) is 1. The maximum absolute atomic E-state index is 12.9. The van der Waals surface area contributed by atoms with Crippen LogP contribution in [-0.2, 0) is 0 Å². The van der Waals surface area contributed by atoms with Crippen LogP contribution in [0.4, 0.5) is 6.01 Å². The van der Waals surface area contributed by atoms with Crippen molar-refractivity contribution in [2.75, 3.05) is 31.1 Å². The number of hydrogen-bond acceptors (Lipinski definition) is 6. The quantitative estimate of drug-likeness (QED) is 0.589. The summed E-state index contributed by atoms with van der Waals surface area (Å²) < 4.78 is 5.87. The van der Waals surface area contributed by atoms with Gasteiger partial charge in [-0.1, -0.05) is 12.1 Å². The summed E-state index contributed by atoms with van der Waals surface area (Å²) in [5, 5.41) is 7.66. The molecule has 4 heterocycles. The average molecular weight is 362 g/mol. The van der Waals surface area contributed by atoms with E-state index in [-0.39, 0.29) is 5.91 Å². The van der Waals surface area contributed by atoms with Crippen LogP contribution in [0.5, 0.6) is 0 Å². The maximum Gasteiger partial charge on any atom is 0.298 e. The van der Waals surface area contributed by atoms with Gasteiger partial charge in [-0.25, -0.2) is 4.98 Å². The monoisotopic (exact) mass is 362 g/mol. The Morgan fingerprint density at radius 1 is 1.04 bits per heavy atom. The second kappa shape index (κ2) is 6.39. The number of amides is 1. The number of oxazole rings is 1. The molecule has 8 nitrogen and oxygen atoms in total. The van der Waals surface area contributed by atoms with E-state index in [1.165, 1.54) is 0 Å². The van der Waals surface area contributed by atoms with Gasteiger partial charge in [0.05, 0.1) is 6.20 Å². The van der Waals surface area contributed by atoms with Gasteiger partial charge >= 0.3 is 0 Å². The van der Waals surface area contributed by atoms with Gasteiger partial charge < -0.3 is 14.2 Å². The highest BCUT2D eigenvalue weighted by Crippen LogP contribution is 2.23. The minimum Gasteiger partial charge on any atom is -0.423 e. The summed E-state index contributed by atoms with van der Waals surface area (Å²) in [6.07, 6.45) is 2.54. The number of carbonyl (C=O) groups excluding carboxylic acids is 1. The summed E-state index contributed by atoms with van der Waals surface area (Å²) >= 11 is 0. The van der Waals surface area contributed by atoms with E-state index in [2.05, 4.69) is 25.1 Å². The fourth-order valence-corrected chi connectivity index (χ4v) is 3.41. The zero-order valence-electron chi connectivity index (χ0n) is 14.6. The Hall–Kier alpha value is -3.42. The van der Waals surface area contributed by atoms with Crippen LogP contribution in [0.15, 0.2) is 47.0 Å². The molecule has 3 aromatic heterocycles. The van der Waals surface area contributed by atoms with Crippen molar-refractivity contribution in [3.8, 4) is 0 Å². The number of para-hydroxylation sites is 2. The maximum atomic E-state index is 12.9. The van der Waals surface area contributed by atoms with Gasteiger partial charge in [0.1, 0.15) is 11.2 Å². The summed E-state index contributed by atoms with van der Waals surface area (Å²) in [6.45, 7) is 2.74. The van der Waals surface area contributed by atoms with E-state index in [1.807, 2.05) is 35.2 Å². The lowest BCUT2D eigenvalue weighted by atomic mass is 10.2. The Labute approximate surface area is 154 Å². The largest absolute Gasteiger partial charge is 0.423 e. The van der Waals surface area contributed by atoms with Gasteiger partial charge in [0.25, 0.3) is 11.9 Å². The number of nitrogens with zero attached hydrogens (tertiary/aromatic N) is 5. The first kappa shape index (κ1) is 15.8. The molecular formula is C19H18N6O2. The number of nitrogens with one attached hydrogen (secondary N) is 1. The first-order valence-corrected chi connectivity index (χ1v) is 8.98. The molecule has 27 heavy (non-hydrogen) atoms. The van der Waals surface area contributed by atoms with Crippen molar-refractivity contribution < 1.29 is 9.21 Å². The number of anilines is 1. The Bertz CT molecular complexity index is 1080. The third-order valence-corrected chi connectivity index (χ3v) is 4.86. The van der Waals surface area contributed by atoms with Crippen molar-refractivity contribution in [1.29, 1.82) is 0 Å². The molecule has 0 bridgehead atoms. The molecule has 1 aliphatic heterocycles. The molecule has 1 aliphatic rings. The smallest absolute Gasteiger partial charge is 0.298 e. The summed E-state index contributed by atoms with van der Waals surface area (Å²) in [7, 11) is 0. The summed E-state index contributed by atoms with van der Waals surface area (Å²) in [5.74, 6) is -0.0640. The van der Waals surface area contributed by atoms with Gasteiger partial charge in [0.2, 0.25) is 0 Å². The lowest BCUT2D eigenvalue weighted by molar-refractivity contribution is 0.0761. The fraction of sp³-hybridized carbons (Fsp3) is 0.263. The molecular weight excluding hydrogens is 344 g/mol. The van der Waals surface area contributed by atoms with Gasteiger partial charge in [-0.2, -0.15) is 10.1 Å². The van der Waals surface area contributed by atoms with Crippen molar-refractivity contribution >= 4 is 34.1 Å². The van der Waals surface area contributed by atoms with Crippen LogP contribution in [0.2, 0.25) is 0 Å². The predicted octanol–water partition coefficient (Wildman–Crippen LogP) is 2.45. The van der Waals surface area contributed by atoms with E-state index in [9.17, 15) is 4.79 Å².